The second-order valence-electron chi connectivity index (χ2n) is 7.73. The summed E-state index contributed by atoms with van der Waals surface area (Å²) in [6.07, 6.45) is 8.03. The lowest BCUT2D eigenvalue weighted by molar-refractivity contribution is -0.606. The highest BCUT2D eigenvalue weighted by atomic mass is 16.5. The second-order valence-corrected chi connectivity index (χ2v) is 7.73. The van der Waals surface area contributed by atoms with Crippen molar-refractivity contribution in [3.8, 4) is 0 Å². The predicted octanol–water partition coefficient (Wildman–Crippen LogP) is 1.01. The van der Waals surface area contributed by atoms with Gasteiger partial charge in [0.1, 0.15) is 0 Å². The first kappa shape index (κ1) is 15.4. The van der Waals surface area contributed by atoms with Gasteiger partial charge in [-0.1, -0.05) is 0 Å². The Bertz CT molecular complexity index is 608. The number of likely N-dealkylation sites (N-methyl/N-ethyl adjacent to an activating group) is 1. The molecule has 0 unspecified atom stereocenters. The Morgan fingerprint density at radius 2 is 2.22 bits per heavy atom. The number of aliphatic hydroxyl groups is 2. The van der Waals surface area contributed by atoms with Crippen LogP contribution >= 0.6 is 0 Å². The van der Waals surface area contributed by atoms with Crippen LogP contribution in [0.1, 0.15) is 42.9 Å². The Morgan fingerprint density at radius 1 is 1.39 bits per heavy atom. The second kappa shape index (κ2) is 5.43. The van der Waals surface area contributed by atoms with E-state index in [4.69, 9.17) is 0 Å². The standard InChI is InChI=1S/C18H26N2O3/c1-19-11-18(22)13(7-9-21)3-5-16(18)15-4-2-12-10-20(23)8-6-14(12)17(15)19/h6,8,10,13,15-17,21-22H,2-5,7,9,11H2,1H3/t13-,15-,16-,17+,18-/m0/s1. The molecular weight excluding hydrogens is 292 g/mol. The fourth-order valence-corrected chi connectivity index (χ4v) is 5.79. The zero-order chi connectivity index (χ0) is 16.2. The highest BCUT2D eigenvalue weighted by molar-refractivity contribution is 5.31. The summed E-state index contributed by atoms with van der Waals surface area (Å²) in [5.74, 6) is 0.965. The van der Waals surface area contributed by atoms with E-state index in [-0.39, 0.29) is 12.5 Å². The highest BCUT2D eigenvalue weighted by Gasteiger charge is 2.58. The van der Waals surface area contributed by atoms with E-state index in [0.717, 1.165) is 36.0 Å². The molecule has 5 atom stereocenters. The van der Waals surface area contributed by atoms with Crippen LogP contribution in [0.5, 0.6) is 0 Å². The molecule has 3 aliphatic rings. The number of aryl methyl sites for hydroxylation is 1. The van der Waals surface area contributed by atoms with Crippen molar-refractivity contribution in [1.82, 2.24) is 4.90 Å². The monoisotopic (exact) mass is 318 g/mol. The summed E-state index contributed by atoms with van der Waals surface area (Å²) >= 11 is 0. The molecule has 2 heterocycles. The molecule has 1 saturated carbocycles. The lowest BCUT2D eigenvalue weighted by Crippen LogP contribution is -2.59. The summed E-state index contributed by atoms with van der Waals surface area (Å²) in [6.45, 7) is 0.819. The maximum absolute atomic E-state index is 11.6. The van der Waals surface area contributed by atoms with E-state index < -0.39 is 5.60 Å². The zero-order valence-corrected chi connectivity index (χ0v) is 13.7. The Hall–Kier alpha value is -1.17. The lowest BCUT2D eigenvalue weighted by Gasteiger charge is -2.53. The van der Waals surface area contributed by atoms with Crippen LogP contribution in [0.2, 0.25) is 0 Å². The molecule has 0 spiro atoms. The van der Waals surface area contributed by atoms with Gasteiger partial charge in [-0.2, -0.15) is 4.73 Å². The van der Waals surface area contributed by atoms with Crippen molar-refractivity contribution in [2.75, 3.05) is 20.2 Å². The molecule has 23 heavy (non-hydrogen) atoms. The quantitative estimate of drug-likeness (QED) is 0.631. The molecule has 2 N–H and O–H groups in total. The molecule has 1 aromatic heterocycles. The normalized spacial score (nSPS) is 39.6. The number of aliphatic hydroxyl groups excluding tert-OH is 1. The van der Waals surface area contributed by atoms with Gasteiger partial charge >= 0.3 is 0 Å². The molecule has 0 bridgehead atoms. The molecule has 1 aromatic rings. The van der Waals surface area contributed by atoms with Gasteiger partial charge in [-0.3, -0.25) is 4.90 Å². The van der Waals surface area contributed by atoms with E-state index in [9.17, 15) is 15.4 Å². The number of likely N-dealkylation sites (tertiary alicyclic amines) is 1. The van der Waals surface area contributed by atoms with Crippen molar-refractivity contribution in [2.45, 2.75) is 43.7 Å². The van der Waals surface area contributed by atoms with Gasteiger partial charge in [0, 0.05) is 30.8 Å². The number of fused-ring (bicyclic) bond motifs is 5. The van der Waals surface area contributed by atoms with Crippen molar-refractivity contribution in [3.63, 3.8) is 0 Å². The summed E-state index contributed by atoms with van der Waals surface area (Å²) in [5.41, 5.74) is 1.76. The van der Waals surface area contributed by atoms with E-state index in [1.807, 2.05) is 6.07 Å². The third-order valence-corrected chi connectivity index (χ3v) is 6.67. The first-order valence-electron chi connectivity index (χ1n) is 8.79. The number of piperidine rings is 1. The van der Waals surface area contributed by atoms with E-state index in [1.165, 1.54) is 5.56 Å². The molecule has 0 radical (unpaired) electrons. The summed E-state index contributed by atoms with van der Waals surface area (Å²) < 4.78 is 0.894. The number of nitrogens with zero attached hydrogens (tertiary/aromatic N) is 2. The van der Waals surface area contributed by atoms with Crippen molar-refractivity contribution >= 4 is 0 Å². The van der Waals surface area contributed by atoms with Gasteiger partial charge in [0.05, 0.1) is 5.60 Å². The summed E-state index contributed by atoms with van der Waals surface area (Å²) in [6, 6.07) is 2.28. The van der Waals surface area contributed by atoms with Gasteiger partial charge in [0.2, 0.25) is 0 Å². The molecule has 4 rings (SSSR count). The van der Waals surface area contributed by atoms with E-state index >= 15 is 0 Å². The highest BCUT2D eigenvalue weighted by Crippen LogP contribution is 2.56. The summed E-state index contributed by atoms with van der Waals surface area (Å²) in [5, 5.41) is 32.3. The van der Waals surface area contributed by atoms with Crippen LogP contribution in [-0.2, 0) is 6.42 Å². The molecule has 1 aliphatic heterocycles. The first-order valence-corrected chi connectivity index (χ1v) is 8.79. The van der Waals surface area contributed by atoms with Gasteiger partial charge in [-0.25, -0.2) is 0 Å². The molecule has 5 nitrogen and oxygen atoms in total. The Kier molecular flexibility index (Phi) is 3.63. The number of aromatic nitrogens is 1. The predicted molar refractivity (Wildman–Crippen MR) is 85.5 cm³/mol. The smallest absolute Gasteiger partial charge is 0.183 e. The van der Waals surface area contributed by atoms with Crippen LogP contribution in [0.15, 0.2) is 18.5 Å². The molecule has 2 aliphatic carbocycles. The molecular formula is C18H26N2O3. The molecule has 5 heteroatoms. The lowest BCUT2D eigenvalue weighted by atomic mass is 9.64. The number of β-amino-alcohol motifs (C(OH)–C–C–N with tert-alkyl or cyclic N) is 1. The Balaban J connectivity index is 1.70. The van der Waals surface area contributed by atoms with Gasteiger partial charge in [0.25, 0.3) is 0 Å². The fourth-order valence-electron chi connectivity index (χ4n) is 5.79. The number of pyridine rings is 1. The van der Waals surface area contributed by atoms with Gasteiger partial charge in [-0.05, 0) is 62.5 Å². The molecule has 2 fully saturated rings. The largest absolute Gasteiger partial charge is 0.619 e. The van der Waals surface area contributed by atoms with Crippen LogP contribution in [0.25, 0.3) is 0 Å². The SMILES string of the molecule is CN1C[C@]2(O)[C@H](CCO)CC[C@H]2[C@@H]2CCc3c[n+]([O-])ccc3[C@H]21. The fraction of sp³-hybridized carbons (Fsp3) is 0.722. The average molecular weight is 318 g/mol. The van der Waals surface area contributed by atoms with Crippen LogP contribution in [0.3, 0.4) is 0 Å². The zero-order valence-electron chi connectivity index (χ0n) is 13.7. The maximum atomic E-state index is 11.6. The summed E-state index contributed by atoms with van der Waals surface area (Å²) in [4.78, 5) is 2.28. The minimum absolute atomic E-state index is 0.157. The van der Waals surface area contributed by atoms with Gasteiger partial charge < -0.3 is 15.4 Å². The first-order chi connectivity index (χ1) is 11.0. The maximum Gasteiger partial charge on any atom is 0.183 e. The molecule has 0 aromatic carbocycles. The van der Waals surface area contributed by atoms with E-state index in [0.29, 0.717) is 30.8 Å². The van der Waals surface area contributed by atoms with Crippen molar-refractivity contribution < 1.29 is 14.9 Å². The summed E-state index contributed by atoms with van der Waals surface area (Å²) in [7, 11) is 2.09. The molecule has 1 saturated heterocycles. The van der Waals surface area contributed by atoms with Crippen LogP contribution in [0, 0.1) is 23.0 Å². The minimum Gasteiger partial charge on any atom is -0.619 e. The minimum atomic E-state index is -0.663. The molecule has 126 valence electrons. The Labute approximate surface area is 137 Å². The third-order valence-electron chi connectivity index (χ3n) is 6.67. The molecule has 0 amide bonds. The van der Waals surface area contributed by atoms with E-state index in [1.54, 1.807) is 12.4 Å². The van der Waals surface area contributed by atoms with E-state index in [2.05, 4.69) is 11.9 Å². The average Bonchev–Trinajstić information content (AvgIpc) is 2.83. The number of hydrogen-bond donors (Lipinski definition) is 2. The Morgan fingerprint density at radius 3 is 3.00 bits per heavy atom. The topological polar surface area (TPSA) is 70.6 Å². The number of rotatable bonds is 2. The van der Waals surface area contributed by atoms with Crippen molar-refractivity contribution in [1.29, 1.82) is 0 Å². The van der Waals surface area contributed by atoms with Crippen LogP contribution in [-0.4, -0.2) is 40.9 Å². The number of hydrogen-bond acceptors (Lipinski definition) is 4. The van der Waals surface area contributed by atoms with Gasteiger partial charge in [-0.15, -0.1) is 0 Å². The van der Waals surface area contributed by atoms with Crippen molar-refractivity contribution in [3.05, 3.63) is 34.8 Å². The van der Waals surface area contributed by atoms with Crippen molar-refractivity contribution in [2.24, 2.45) is 17.8 Å². The third kappa shape index (κ3) is 2.21. The van der Waals surface area contributed by atoms with Crippen LogP contribution in [0.4, 0.5) is 0 Å². The van der Waals surface area contributed by atoms with Crippen LogP contribution < -0.4 is 4.73 Å². The van der Waals surface area contributed by atoms with Gasteiger partial charge in [0.15, 0.2) is 12.4 Å².